The molecule has 1 aromatic heterocycles. The molecule has 0 unspecified atom stereocenters. The summed E-state index contributed by atoms with van der Waals surface area (Å²) in [6.07, 6.45) is 3.60. The number of thiophene rings is 1. The van der Waals surface area contributed by atoms with Gasteiger partial charge in [-0.05, 0) is 38.3 Å². The van der Waals surface area contributed by atoms with Gasteiger partial charge in [-0.15, -0.1) is 11.3 Å². The van der Waals surface area contributed by atoms with Crippen LogP contribution in [-0.4, -0.2) is 31.1 Å². The van der Waals surface area contributed by atoms with Crippen molar-refractivity contribution in [2.24, 2.45) is 0 Å². The summed E-state index contributed by atoms with van der Waals surface area (Å²) >= 11 is 1.51. The Balaban J connectivity index is 1.97. The van der Waals surface area contributed by atoms with Crippen LogP contribution in [0.2, 0.25) is 0 Å². The van der Waals surface area contributed by atoms with Gasteiger partial charge in [0.05, 0.1) is 10.7 Å². The van der Waals surface area contributed by atoms with E-state index in [0.29, 0.717) is 16.5 Å². The number of nitrogens with one attached hydrogen (secondary N) is 1. The summed E-state index contributed by atoms with van der Waals surface area (Å²) in [4.78, 5) is 3.10. The highest BCUT2D eigenvalue weighted by atomic mass is 32.1. The molecule has 1 aliphatic rings. The molecule has 0 atom stereocenters. The number of likely N-dealkylation sites (N-methyl/N-ethyl adjacent to an activating group) is 1. The van der Waals surface area contributed by atoms with Crippen LogP contribution in [0.3, 0.4) is 0 Å². The van der Waals surface area contributed by atoms with Crippen molar-refractivity contribution in [3.8, 4) is 6.07 Å². The van der Waals surface area contributed by atoms with Gasteiger partial charge in [0.15, 0.2) is 0 Å². The Morgan fingerprint density at radius 2 is 2.15 bits per heavy atom. The highest BCUT2D eigenvalue weighted by Crippen LogP contribution is 2.50. The lowest BCUT2D eigenvalue weighted by atomic mass is 10.1. The molecule has 0 saturated heterocycles. The zero-order chi connectivity index (χ0) is 14.5. The van der Waals surface area contributed by atoms with E-state index < -0.39 is 0 Å². The maximum Gasteiger partial charge on any atom is 0.130 e. The molecule has 3 N–H and O–H groups in total. The predicted octanol–water partition coefficient (Wildman–Crippen LogP) is 3.22. The third-order valence-electron chi connectivity index (χ3n) is 3.77. The summed E-state index contributed by atoms with van der Waals surface area (Å²) < 4.78 is 0. The van der Waals surface area contributed by atoms with Gasteiger partial charge in [-0.3, -0.25) is 0 Å². The van der Waals surface area contributed by atoms with Gasteiger partial charge in [-0.1, -0.05) is 13.8 Å². The second-order valence-corrected chi connectivity index (χ2v) is 6.36. The molecule has 0 aliphatic heterocycles. The Kier molecular flexibility index (Phi) is 5.27. The number of nitriles is 1. The number of rotatable bonds is 8. The molecule has 0 aromatic carbocycles. The third kappa shape index (κ3) is 3.44. The molecule has 1 heterocycles. The van der Waals surface area contributed by atoms with Crippen LogP contribution in [0.5, 0.6) is 0 Å². The van der Waals surface area contributed by atoms with Gasteiger partial charge in [-0.25, -0.2) is 0 Å². The van der Waals surface area contributed by atoms with Gasteiger partial charge in [0.1, 0.15) is 10.9 Å². The SMILES string of the molecule is CCCN(CC)CCNc1sc(C#N)c(N)c1C1CC1. The fourth-order valence-corrected chi connectivity index (χ4v) is 3.55. The lowest BCUT2D eigenvalue weighted by Gasteiger charge is -2.19. The Morgan fingerprint density at radius 1 is 1.40 bits per heavy atom. The van der Waals surface area contributed by atoms with Crippen molar-refractivity contribution in [2.45, 2.75) is 39.0 Å². The van der Waals surface area contributed by atoms with E-state index in [9.17, 15) is 0 Å². The van der Waals surface area contributed by atoms with E-state index in [1.807, 2.05) is 0 Å². The van der Waals surface area contributed by atoms with Crippen LogP contribution in [0.1, 0.15) is 49.5 Å². The largest absolute Gasteiger partial charge is 0.397 e. The van der Waals surface area contributed by atoms with Gasteiger partial charge in [0.25, 0.3) is 0 Å². The molecule has 1 fully saturated rings. The number of hydrogen-bond donors (Lipinski definition) is 2. The standard InChI is InChI=1S/C15H24N4S/c1-3-8-19(4-2)9-7-18-15-13(11-5-6-11)14(17)12(10-16)20-15/h11,18H,3-9,17H2,1-2H3. The van der Waals surface area contributed by atoms with Crippen molar-refractivity contribution in [1.82, 2.24) is 4.90 Å². The van der Waals surface area contributed by atoms with E-state index in [4.69, 9.17) is 11.0 Å². The molecule has 0 spiro atoms. The first-order valence-corrected chi connectivity index (χ1v) is 8.31. The van der Waals surface area contributed by atoms with E-state index in [1.54, 1.807) is 0 Å². The number of anilines is 2. The maximum atomic E-state index is 9.12. The molecule has 20 heavy (non-hydrogen) atoms. The summed E-state index contributed by atoms with van der Waals surface area (Å²) in [5.74, 6) is 0.578. The van der Waals surface area contributed by atoms with E-state index in [-0.39, 0.29) is 0 Å². The van der Waals surface area contributed by atoms with Crippen LogP contribution in [0.15, 0.2) is 0 Å². The predicted molar refractivity (Wildman–Crippen MR) is 86.3 cm³/mol. The average molecular weight is 292 g/mol. The van der Waals surface area contributed by atoms with Gasteiger partial charge in [-0.2, -0.15) is 5.26 Å². The maximum absolute atomic E-state index is 9.12. The molecule has 1 saturated carbocycles. The first-order chi connectivity index (χ1) is 9.71. The van der Waals surface area contributed by atoms with Crippen LogP contribution in [0.4, 0.5) is 10.7 Å². The highest BCUT2D eigenvalue weighted by Gasteiger charge is 2.31. The first-order valence-electron chi connectivity index (χ1n) is 7.49. The number of nitrogens with zero attached hydrogens (tertiary/aromatic N) is 2. The number of hydrogen-bond acceptors (Lipinski definition) is 5. The van der Waals surface area contributed by atoms with Crippen molar-refractivity contribution in [1.29, 1.82) is 5.26 Å². The number of nitrogen functional groups attached to an aromatic ring is 1. The molecule has 0 amide bonds. The first kappa shape index (κ1) is 15.1. The topological polar surface area (TPSA) is 65.1 Å². The smallest absolute Gasteiger partial charge is 0.130 e. The van der Waals surface area contributed by atoms with Crippen molar-refractivity contribution in [3.63, 3.8) is 0 Å². The van der Waals surface area contributed by atoms with Gasteiger partial charge < -0.3 is 16.0 Å². The zero-order valence-corrected chi connectivity index (χ0v) is 13.2. The second-order valence-electron chi connectivity index (χ2n) is 5.33. The van der Waals surface area contributed by atoms with Crippen LogP contribution in [-0.2, 0) is 0 Å². The van der Waals surface area contributed by atoms with Gasteiger partial charge in [0, 0.05) is 18.7 Å². The van der Waals surface area contributed by atoms with Crippen molar-refractivity contribution < 1.29 is 0 Å². The normalized spacial score (nSPS) is 14.5. The Hall–Kier alpha value is -1.25. The van der Waals surface area contributed by atoms with E-state index in [1.165, 1.54) is 36.2 Å². The summed E-state index contributed by atoms with van der Waals surface area (Å²) in [5.41, 5.74) is 8.01. The molecule has 0 bridgehead atoms. The molecular weight excluding hydrogens is 268 g/mol. The van der Waals surface area contributed by atoms with E-state index in [2.05, 4.69) is 30.1 Å². The Bertz CT molecular complexity index is 485. The van der Waals surface area contributed by atoms with Crippen LogP contribution < -0.4 is 11.1 Å². The third-order valence-corrected chi connectivity index (χ3v) is 4.86. The molecule has 110 valence electrons. The molecule has 0 radical (unpaired) electrons. The summed E-state index contributed by atoms with van der Waals surface area (Å²) in [6, 6.07) is 2.21. The number of nitrogens with two attached hydrogens (primary N) is 1. The molecule has 2 rings (SSSR count). The summed E-state index contributed by atoms with van der Waals surface area (Å²) in [6.45, 7) is 8.58. The quantitative estimate of drug-likeness (QED) is 0.772. The Labute approximate surface area is 125 Å². The lowest BCUT2D eigenvalue weighted by molar-refractivity contribution is 0.300. The van der Waals surface area contributed by atoms with Crippen molar-refractivity contribution in [2.75, 3.05) is 37.2 Å². The highest BCUT2D eigenvalue weighted by molar-refractivity contribution is 7.17. The molecular formula is C15H24N4S. The van der Waals surface area contributed by atoms with Gasteiger partial charge in [0.2, 0.25) is 0 Å². The minimum absolute atomic E-state index is 0.578. The molecule has 1 aromatic rings. The summed E-state index contributed by atoms with van der Waals surface area (Å²) in [7, 11) is 0. The molecule has 4 nitrogen and oxygen atoms in total. The lowest BCUT2D eigenvalue weighted by Crippen LogP contribution is -2.29. The second kappa shape index (κ2) is 6.96. The minimum atomic E-state index is 0.578. The zero-order valence-electron chi connectivity index (χ0n) is 12.4. The fraction of sp³-hybridized carbons (Fsp3) is 0.667. The minimum Gasteiger partial charge on any atom is -0.397 e. The van der Waals surface area contributed by atoms with Gasteiger partial charge >= 0.3 is 0 Å². The monoisotopic (exact) mass is 292 g/mol. The van der Waals surface area contributed by atoms with E-state index >= 15 is 0 Å². The van der Waals surface area contributed by atoms with Crippen molar-refractivity contribution in [3.05, 3.63) is 10.4 Å². The van der Waals surface area contributed by atoms with Crippen LogP contribution in [0.25, 0.3) is 0 Å². The summed E-state index contributed by atoms with van der Waals surface area (Å²) in [5, 5.41) is 13.7. The fourth-order valence-electron chi connectivity index (χ4n) is 2.52. The van der Waals surface area contributed by atoms with Crippen molar-refractivity contribution >= 4 is 22.0 Å². The van der Waals surface area contributed by atoms with Crippen LogP contribution >= 0.6 is 11.3 Å². The van der Waals surface area contributed by atoms with E-state index in [0.717, 1.165) is 31.2 Å². The van der Waals surface area contributed by atoms with Crippen LogP contribution in [0, 0.1) is 11.3 Å². The molecule has 5 heteroatoms. The molecule has 1 aliphatic carbocycles. The Morgan fingerprint density at radius 3 is 2.70 bits per heavy atom. The average Bonchev–Trinajstić information content (AvgIpc) is 3.23.